The van der Waals surface area contributed by atoms with E-state index >= 15 is 0 Å². The molecule has 66 valence electrons. The van der Waals surface area contributed by atoms with E-state index in [0.29, 0.717) is 0 Å². The van der Waals surface area contributed by atoms with Crippen molar-refractivity contribution in [2.45, 2.75) is 25.0 Å². The Balaban J connectivity index is 2.48. The standard InChI is InChI=1S/C10H14AsI/c1-2-3-9-11(12)10-7-5-4-6-8-10/h4-8H,2-3,9H2,1H3. The van der Waals surface area contributed by atoms with Gasteiger partial charge in [-0.3, -0.25) is 0 Å². The molecule has 1 unspecified atom stereocenters. The molecule has 0 saturated heterocycles. The summed E-state index contributed by atoms with van der Waals surface area (Å²) in [6.45, 7) is 2.27. The van der Waals surface area contributed by atoms with Crippen LogP contribution in [0.1, 0.15) is 19.8 Å². The molecule has 0 radical (unpaired) electrons. The van der Waals surface area contributed by atoms with Gasteiger partial charge in [0.25, 0.3) is 0 Å². The van der Waals surface area contributed by atoms with Crippen LogP contribution in [0.15, 0.2) is 30.3 Å². The quantitative estimate of drug-likeness (QED) is 0.586. The van der Waals surface area contributed by atoms with Crippen LogP contribution in [-0.4, -0.2) is 11.3 Å². The zero-order valence-corrected chi connectivity index (χ0v) is 11.4. The van der Waals surface area contributed by atoms with Crippen LogP contribution in [0, 0.1) is 0 Å². The van der Waals surface area contributed by atoms with E-state index < -0.39 is 11.3 Å². The average Bonchev–Trinajstić information content (AvgIpc) is 2.15. The monoisotopic (exact) mass is 336 g/mol. The second-order valence-corrected chi connectivity index (χ2v) is 12.4. The summed E-state index contributed by atoms with van der Waals surface area (Å²) in [6.07, 6.45) is 2.74. The zero-order chi connectivity index (χ0) is 8.81. The third-order valence-corrected chi connectivity index (χ3v) is 10.4. The Morgan fingerprint density at radius 1 is 1.25 bits per heavy atom. The molecule has 0 aliphatic carbocycles. The summed E-state index contributed by atoms with van der Waals surface area (Å²) in [7, 11) is 0. The summed E-state index contributed by atoms with van der Waals surface area (Å²) in [5, 5.41) is 1.45. The molecular formula is C10H14AsI. The third-order valence-electron chi connectivity index (χ3n) is 1.74. The molecule has 0 heterocycles. The first-order valence-corrected chi connectivity index (χ1v) is 12.3. The molecule has 0 N–H and O–H groups in total. The van der Waals surface area contributed by atoms with Crippen LogP contribution in [0.4, 0.5) is 0 Å². The average molecular weight is 336 g/mol. The van der Waals surface area contributed by atoms with Crippen molar-refractivity contribution in [3.05, 3.63) is 30.3 Å². The van der Waals surface area contributed by atoms with Crippen LogP contribution in [0.5, 0.6) is 0 Å². The Morgan fingerprint density at radius 2 is 1.92 bits per heavy atom. The van der Waals surface area contributed by atoms with Gasteiger partial charge in [-0.25, -0.2) is 0 Å². The van der Waals surface area contributed by atoms with Gasteiger partial charge in [0.05, 0.1) is 0 Å². The van der Waals surface area contributed by atoms with Crippen LogP contribution in [-0.2, 0) is 0 Å². The van der Waals surface area contributed by atoms with E-state index in [1.807, 2.05) is 0 Å². The Hall–Kier alpha value is 0.508. The molecule has 0 amide bonds. The van der Waals surface area contributed by atoms with Gasteiger partial charge in [0, 0.05) is 0 Å². The van der Waals surface area contributed by atoms with Crippen LogP contribution in [0.2, 0.25) is 5.21 Å². The molecule has 1 aromatic carbocycles. The fourth-order valence-electron chi connectivity index (χ4n) is 1.02. The molecule has 0 aliphatic rings. The fraction of sp³-hybridized carbons (Fsp3) is 0.400. The number of rotatable bonds is 4. The van der Waals surface area contributed by atoms with E-state index in [9.17, 15) is 0 Å². The normalized spacial score (nSPS) is 12.8. The number of halogens is 1. The van der Waals surface area contributed by atoms with Gasteiger partial charge >= 0.3 is 91.1 Å². The predicted molar refractivity (Wildman–Crippen MR) is 65.6 cm³/mol. The van der Waals surface area contributed by atoms with Gasteiger partial charge in [-0.1, -0.05) is 0 Å². The first kappa shape index (κ1) is 10.6. The molecule has 1 rings (SSSR count). The van der Waals surface area contributed by atoms with E-state index in [4.69, 9.17) is 0 Å². The van der Waals surface area contributed by atoms with Gasteiger partial charge in [-0.2, -0.15) is 0 Å². The van der Waals surface area contributed by atoms with Crippen molar-refractivity contribution in [1.82, 2.24) is 0 Å². The van der Waals surface area contributed by atoms with Crippen LogP contribution in [0.3, 0.4) is 0 Å². The first-order chi connectivity index (χ1) is 5.84. The van der Waals surface area contributed by atoms with Crippen LogP contribution in [0.25, 0.3) is 0 Å². The molecule has 1 aromatic rings. The Kier molecular flexibility index (Phi) is 5.33. The van der Waals surface area contributed by atoms with Gasteiger partial charge in [-0.05, 0) is 0 Å². The maximum absolute atomic E-state index is 2.68. The fourth-order valence-corrected chi connectivity index (χ4v) is 7.29. The molecular weight excluding hydrogens is 322 g/mol. The van der Waals surface area contributed by atoms with Crippen molar-refractivity contribution in [2.24, 2.45) is 0 Å². The number of hydrogen-bond acceptors (Lipinski definition) is 0. The molecule has 0 saturated carbocycles. The van der Waals surface area contributed by atoms with Gasteiger partial charge in [0.15, 0.2) is 0 Å². The zero-order valence-electron chi connectivity index (χ0n) is 7.33. The SMILES string of the molecule is CCCC[As](I)c1ccccc1. The molecule has 0 fully saturated rings. The Labute approximate surface area is 90.5 Å². The first-order valence-electron chi connectivity index (χ1n) is 4.33. The minimum atomic E-state index is -0.673. The second-order valence-electron chi connectivity index (χ2n) is 2.77. The summed E-state index contributed by atoms with van der Waals surface area (Å²) in [5.41, 5.74) is 0. The summed E-state index contributed by atoms with van der Waals surface area (Å²) in [6, 6.07) is 11.0. The van der Waals surface area contributed by atoms with Gasteiger partial charge < -0.3 is 0 Å². The molecule has 0 bridgehead atoms. The minimum absolute atomic E-state index is 0.673. The Morgan fingerprint density at radius 3 is 2.50 bits per heavy atom. The second kappa shape index (κ2) is 6.04. The molecule has 0 nitrogen and oxygen atoms in total. The van der Waals surface area contributed by atoms with Crippen LogP contribution >= 0.6 is 20.1 Å². The van der Waals surface area contributed by atoms with Crippen molar-refractivity contribution in [3.63, 3.8) is 0 Å². The van der Waals surface area contributed by atoms with E-state index in [-0.39, 0.29) is 0 Å². The van der Waals surface area contributed by atoms with Crippen molar-refractivity contribution >= 4 is 35.8 Å². The molecule has 1 atom stereocenters. The molecule has 0 aromatic heterocycles. The van der Waals surface area contributed by atoms with Crippen molar-refractivity contribution < 1.29 is 0 Å². The number of unbranched alkanes of at least 4 members (excludes halogenated alkanes) is 1. The van der Waals surface area contributed by atoms with Crippen molar-refractivity contribution in [3.8, 4) is 0 Å². The van der Waals surface area contributed by atoms with Gasteiger partial charge in [-0.15, -0.1) is 0 Å². The summed E-state index contributed by atoms with van der Waals surface area (Å²) >= 11 is 2.00. The molecule has 0 spiro atoms. The topological polar surface area (TPSA) is 0 Å². The van der Waals surface area contributed by atoms with Gasteiger partial charge in [0.2, 0.25) is 0 Å². The maximum atomic E-state index is 2.68. The van der Waals surface area contributed by atoms with Crippen LogP contribution < -0.4 is 4.35 Å². The van der Waals surface area contributed by atoms with E-state index in [0.717, 1.165) is 0 Å². The van der Waals surface area contributed by atoms with E-state index in [1.165, 1.54) is 18.1 Å². The van der Waals surface area contributed by atoms with E-state index in [2.05, 4.69) is 57.4 Å². The molecule has 0 aliphatic heterocycles. The van der Waals surface area contributed by atoms with Gasteiger partial charge in [0.1, 0.15) is 0 Å². The predicted octanol–water partition coefficient (Wildman–Crippen LogP) is 3.12. The summed E-state index contributed by atoms with van der Waals surface area (Å²) in [4.78, 5) is 0. The van der Waals surface area contributed by atoms with Crippen molar-refractivity contribution in [2.75, 3.05) is 0 Å². The third kappa shape index (κ3) is 3.49. The number of hydrogen-bond donors (Lipinski definition) is 0. The summed E-state index contributed by atoms with van der Waals surface area (Å²) in [5.74, 6) is 0. The number of benzene rings is 1. The Bertz CT molecular complexity index is 210. The van der Waals surface area contributed by atoms with Crippen molar-refractivity contribution in [1.29, 1.82) is 0 Å². The van der Waals surface area contributed by atoms with E-state index in [1.54, 1.807) is 4.35 Å². The molecule has 2 heteroatoms. The summed E-state index contributed by atoms with van der Waals surface area (Å²) < 4.78 is 1.61. The molecule has 12 heavy (non-hydrogen) atoms.